The molecule has 118 valence electrons. The lowest BCUT2D eigenvalue weighted by atomic mass is 9.99. The van der Waals surface area contributed by atoms with Crippen molar-refractivity contribution in [2.75, 3.05) is 31.6 Å². The molecular weight excluding hydrogens is 260 g/mol. The van der Waals surface area contributed by atoms with Gasteiger partial charge in [-0.2, -0.15) is 0 Å². The van der Waals surface area contributed by atoms with Gasteiger partial charge in [0, 0.05) is 32.4 Å². The van der Waals surface area contributed by atoms with Crippen LogP contribution in [0.4, 0.5) is 5.69 Å². The van der Waals surface area contributed by atoms with Crippen molar-refractivity contribution in [3.8, 4) is 0 Å². The molecule has 0 bridgehead atoms. The molecule has 0 amide bonds. The van der Waals surface area contributed by atoms with Crippen LogP contribution in [0, 0.1) is 0 Å². The summed E-state index contributed by atoms with van der Waals surface area (Å²) in [4.78, 5) is 2.37. The Balaban J connectivity index is 1.67. The van der Waals surface area contributed by atoms with Crippen LogP contribution < -0.4 is 10.2 Å². The van der Waals surface area contributed by atoms with Gasteiger partial charge in [0.05, 0.1) is 6.10 Å². The first-order valence-electron chi connectivity index (χ1n) is 8.32. The highest BCUT2D eigenvalue weighted by Gasteiger charge is 2.13. The first-order valence-corrected chi connectivity index (χ1v) is 8.32. The van der Waals surface area contributed by atoms with Crippen molar-refractivity contribution >= 4 is 5.69 Å². The number of anilines is 1. The number of nitrogens with one attached hydrogen (secondary N) is 1. The van der Waals surface area contributed by atoms with Crippen LogP contribution in [0.25, 0.3) is 0 Å². The van der Waals surface area contributed by atoms with E-state index in [-0.39, 0.29) is 0 Å². The predicted molar refractivity (Wildman–Crippen MR) is 90.1 cm³/mol. The number of ether oxygens (including phenoxy) is 1. The Hall–Kier alpha value is -1.06. The largest absolute Gasteiger partial charge is 0.379 e. The third-order valence-corrected chi connectivity index (χ3v) is 4.02. The minimum absolute atomic E-state index is 0.353. The summed E-state index contributed by atoms with van der Waals surface area (Å²) in [5.74, 6) is 0. The van der Waals surface area contributed by atoms with Gasteiger partial charge in [0.1, 0.15) is 0 Å². The van der Waals surface area contributed by atoms with E-state index in [9.17, 15) is 0 Å². The van der Waals surface area contributed by atoms with Gasteiger partial charge in [-0.3, -0.25) is 0 Å². The standard InChI is InChI=1S/C18H30N2O/c1-15(2)21-12-5-4-10-19-14-16-8-9-18-17(13-16)7-6-11-20(18)3/h8-9,13,15,19H,4-7,10-12,14H2,1-3H3. The third kappa shape index (κ3) is 5.33. The smallest absolute Gasteiger partial charge is 0.0518 e. The zero-order valence-electron chi connectivity index (χ0n) is 13.8. The van der Waals surface area contributed by atoms with Crippen LogP contribution in [0.2, 0.25) is 0 Å². The first-order chi connectivity index (χ1) is 10.2. The fraction of sp³-hybridized carbons (Fsp3) is 0.667. The van der Waals surface area contributed by atoms with E-state index in [0.29, 0.717) is 6.10 Å². The second-order valence-corrected chi connectivity index (χ2v) is 6.29. The molecule has 1 aliphatic rings. The third-order valence-electron chi connectivity index (χ3n) is 4.02. The van der Waals surface area contributed by atoms with Crippen LogP contribution in [0.1, 0.15) is 44.2 Å². The maximum atomic E-state index is 5.55. The summed E-state index contributed by atoms with van der Waals surface area (Å²) in [6.45, 7) is 8.28. The summed E-state index contributed by atoms with van der Waals surface area (Å²) in [7, 11) is 2.19. The van der Waals surface area contributed by atoms with E-state index in [1.54, 1.807) is 0 Å². The lowest BCUT2D eigenvalue weighted by Gasteiger charge is -2.27. The average molecular weight is 290 g/mol. The lowest BCUT2D eigenvalue weighted by Crippen LogP contribution is -2.25. The molecule has 1 aromatic rings. The highest BCUT2D eigenvalue weighted by atomic mass is 16.5. The van der Waals surface area contributed by atoms with E-state index in [1.165, 1.54) is 42.6 Å². The number of nitrogens with zero attached hydrogens (tertiary/aromatic N) is 1. The molecule has 1 aliphatic heterocycles. The molecule has 0 atom stereocenters. The lowest BCUT2D eigenvalue weighted by molar-refractivity contribution is 0.0760. The number of rotatable bonds is 8. The predicted octanol–water partition coefficient (Wildman–Crippen LogP) is 3.36. The molecule has 3 heteroatoms. The SMILES string of the molecule is CC(C)OCCCCNCc1ccc2c(c1)CCCN2C. The minimum atomic E-state index is 0.353. The average Bonchev–Trinajstić information content (AvgIpc) is 2.46. The van der Waals surface area contributed by atoms with Crippen LogP contribution in [-0.2, 0) is 17.7 Å². The zero-order valence-corrected chi connectivity index (χ0v) is 13.8. The van der Waals surface area contributed by atoms with Crippen LogP contribution >= 0.6 is 0 Å². The molecule has 1 heterocycles. The molecule has 2 rings (SSSR count). The number of fused-ring (bicyclic) bond motifs is 1. The van der Waals surface area contributed by atoms with Gasteiger partial charge in [-0.1, -0.05) is 12.1 Å². The van der Waals surface area contributed by atoms with Gasteiger partial charge < -0.3 is 15.0 Å². The Kier molecular flexibility index (Phi) is 6.52. The molecule has 21 heavy (non-hydrogen) atoms. The quantitative estimate of drug-likeness (QED) is 0.743. The van der Waals surface area contributed by atoms with Crippen molar-refractivity contribution in [2.45, 2.75) is 52.2 Å². The molecule has 1 aromatic carbocycles. The molecule has 1 N–H and O–H groups in total. The summed E-state index contributed by atoms with van der Waals surface area (Å²) in [5.41, 5.74) is 4.33. The van der Waals surface area contributed by atoms with Crippen molar-refractivity contribution in [3.05, 3.63) is 29.3 Å². The van der Waals surface area contributed by atoms with Gasteiger partial charge in [-0.25, -0.2) is 0 Å². The van der Waals surface area contributed by atoms with Gasteiger partial charge in [-0.05, 0) is 63.3 Å². The van der Waals surface area contributed by atoms with Crippen LogP contribution in [0.3, 0.4) is 0 Å². The van der Waals surface area contributed by atoms with E-state index in [0.717, 1.165) is 26.1 Å². The molecular formula is C18H30N2O. The highest BCUT2D eigenvalue weighted by molar-refractivity contribution is 5.56. The van der Waals surface area contributed by atoms with Crippen molar-refractivity contribution in [1.29, 1.82) is 0 Å². The van der Waals surface area contributed by atoms with E-state index in [1.807, 2.05) is 0 Å². The molecule has 0 spiro atoms. The fourth-order valence-corrected chi connectivity index (χ4v) is 2.85. The van der Waals surface area contributed by atoms with E-state index < -0.39 is 0 Å². The maximum absolute atomic E-state index is 5.55. The Morgan fingerprint density at radius 3 is 2.95 bits per heavy atom. The van der Waals surface area contributed by atoms with E-state index in [4.69, 9.17) is 4.74 Å². The molecule has 0 radical (unpaired) electrons. The summed E-state index contributed by atoms with van der Waals surface area (Å²) in [6.07, 6.45) is 5.17. The van der Waals surface area contributed by atoms with Crippen LogP contribution in [0.5, 0.6) is 0 Å². The minimum Gasteiger partial charge on any atom is -0.379 e. The Morgan fingerprint density at radius 1 is 1.29 bits per heavy atom. The van der Waals surface area contributed by atoms with Gasteiger partial charge in [-0.15, -0.1) is 0 Å². The summed E-state index contributed by atoms with van der Waals surface area (Å²) in [5, 5.41) is 3.54. The van der Waals surface area contributed by atoms with Gasteiger partial charge >= 0.3 is 0 Å². The second-order valence-electron chi connectivity index (χ2n) is 6.29. The molecule has 3 nitrogen and oxygen atoms in total. The highest BCUT2D eigenvalue weighted by Crippen LogP contribution is 2.26. The van der Waals surface area contributed by atoms with Gasteiger partial charge in [0.25, 0.3) is 0 Å². The number of benzene rings is 1. The summed E-state index contributed by atoms with van der Waals surface area (Å²) in [6, 6.07) is 6.91. The normalized spacial score (nSPS) is 14.6. The van der Waals surface area contributed by atoms with Crippen molar-refractivity contribution in [1.82, 2.24) is 5.32 Å². The monoisotopic (exact) mass is 290 g/mol. The van der Waals surface area contributed by atoms with Gasteiger partial charge in [0.2, 0.25) is 0 Å². The van der Waals surface area contributed by atoms with E-state index >= 15 is 0 Å². The fourth-order valence-electron chi connectivity index (χ4n) is 2.85. The van der Waals surface area contributed by atoms with E-state index in [2.05, 4.69) is 49.3 Å². The molecule has 0 aromatic heterocycles. The number of hydrogen-bond acceptors (Lipinski definition) is 3. The molecule has 0 fully saturated rings. The van der Waals surface area contributed by atoms with Crippen LogP contribution in [0.15, 0.2) is 18.2 Å². The number of unbranched alkanes of at least 4 members (excludes halogenated alkanes) is 1. The number of aryl methyl sites for hydroxylation is 1. The van der Waals surface area contributed by atoms with Crippen LogP contribution in [-0.4, -0.2) is 32.8 Å². The second kappa shape index (κ2) is 8.40. The summed E-state index contributed by atoms with van der Waals surface area (Å²) < 4.78 is 5.55. The molecule has 0 saturated carbocycles. The molecule has 0 unspecified atom stereocenters. The Bertz CT molecular complexity index is 431. The Morgan fingerprint density at radius 2 is 2.14 bits per heavy atom. The zero-order chi connectivity index (χ0) is 15.1. The Labute approximate surface area is 129 Å². The van der Waals surface area contributed by atoms with Crippen molar-refractivity contribution < 1.29 is 4.74 Å². The van der Waals surface area contributed by atoms with Crippen molar-refractivity contribution in [3.63, 3.8) is 0 Å². The first kappa shape index (κ1) is 16.3. The topological polar surface area (TPSA) is 24.5 Å². The van der Waals surface area contributed by atoms with Gasteiger partial charge in [0.15, 0.2) is 0 Å². The number of hydrogen-bond donors (Lipinski definition) is 1. The van der Waals surface area contributed by atoms with Crippen molar-refractivity contribution in [2.24, 2.45) is 0 Å². The molecule has 0 aliphatic carbocycles. The maximum Gasteiger partial charge on any atom is 0.0518 e. The molecule has 0 saturated heterocycles. The summed E-state index contributed by atoms with van der Waals surface area (Å²) >= 11 is 0.